The van der Waals surface area contributed by atoms with E-state index < -0.39 is 5.97 Å². The van der Waals surface area contributed by atoms with Crippen LogP contribution in [0.1, 0.15) is 29.9 Å². The van der Waals surface area contributed by atoms with Gasteiger partial charge in [-0.3, -0.25) is 4.79 Å². The zero-order chi connectivity index (χ0) is 17.1. The number of carbonyl (C=O) groups is 1. The SMILES string of the molecule is Cc1c(C)n(Cc2ccco2)c2ncnc(NCCCC(=O)O)c12. The van der Waals surface area contributed by atoms with Crippen molar-refractivity contribution in [1.82, 2.24) is 14.5 Å². The van der Waals surface area contributed by atoms with Gasteiger partial charge in [0, 0.05) is 18.7 Å². The van der Waals surface area contributed by atoms with Crippen molar-refractivity contribution in [3.63, 3.8) is 0 Å². The summed E-state index contributed by atoms with van der Waals surface area (Å²) in [5.41, 5.74) is 3.06. The zero-order valence-electron chi connectivity index (χ0n) is 13.7. The smallest absolute Gasteiger partial charge is 0.303 e. The number of rotatable bonds is 7. The maximum Gasteiger partial charge on any atom is 0.303 e. The molecule has 0 aliphatic rings. The maximum absolute atomic E-state index is 10.6. The molecule has 3 aromatic rings. The van der Waals surface area contributed by atoms with Crippen molar-refractivity contribution in [3.8, 4) is 0 Å². The number of carboxylic acid groups (broad SMARTS) is 1. The molecule has 0 saturated carbocycles. The average Bonchev–Trinajstić information content (AvgIpc) is 3.15. The highest BCUT2D eigenvalue weighted by atomic mass is 16.4. The third-order valence-corrected chi connectivity index (χ3v) is 4.16. The molecule has 0 radical (unpaired) electrons. The Bertz CT molecular complexity index is 852. The van der Waals surface area contributed by atoms with E-state index in [0.29, 0.717) is 19.5 Å². The Morgan fingerprint density at radius 1 is 1.38 bits per heavy atom. The van der Waals surface area contributed by atoms with Gasteiger partial charge in [-0.05, 0) is 38.0 Å². The Balaban J connectivity index is 1.90. The van der Waals surface area contributed by atoms with Crippen LogP contribution < -0.4 is 5.32 Å². The van der Waals surface area contributed by atoms with Gasteiger partial charge in [0.25, 0.3) is 0 Å². The van der Waals surface area contributed by atoms with E-state index in [1.54, 1.807) is 6.26 Å². The van der Waals surface area contributed by atoms with E-state index in [2.05, 4.69) is 19.9 Å². The molecule has 0 unspecified atom stereocenters. The summed E-state index contributed by atoms with van der Waals surface area (Å²) in [5, 5.41) is 12.9. The van der Waals surface area contributed by atoms with Crippen LogP contribution in [0.2, 0.25) is 0 Å². The highest BCUT2D eigenvalue weighted by molar-refractivity contribution is 5.91. The number of furan rings is 1. The molecule has 0 atom stereocenters. The molecule has 7 nitrogen and oxygen atoms in total. The number of aryl methyl sites for hydroxylation is 1. The first-order chi connectivity index (χ1) is 11.6. The minimum absolute atomic E-state index is 0.138. The Morgan fingerprint density at radius 2 is 2.21 bits per heavy atom. The van der Waals surface area contributed by atoms with Crippen LogP contribution in [0.3, 0.4) is 0 Å². The van der Waals surface area contributed by atoms with Crippen molar-refractivity contribution in [2.24, 2.45) is 0 Å². The summed E-state index contributed by atoms with van der Waals surface area (Å²) in [6.45, 7) is 5.26. The van der Waals surface area contributed by atoms with Gasteiger partial charge in [0.05, 0.1) is 18.2 Å². The van der Waals surface area contributed by atoms with E-state index in [9.17, 15) is 4.79 Å². The fourth-order valence-electron chi connectivity index (χ4n) is 2.80. The van der Waals surface area contributed by atoms with E-state index in [1.165, 1.54) is 6.33 Å². The van der Waals surface area contributed by atoms with Crippen LogP contribution in [0.25, 0.3) is 11.0 Å². The average molecular weight is 328 g/mol. The van der Waals surface area contributed by atoms with Crippen LogP contribution in [0.15, 0.2) is 29.1 Å². The normalized spacial score (nSPS) is 11.1. The molecule has 2 N–H and O–H groups in total. The van der Waals surface area contributed by atoms with Crippen LogP contribution in [0.5, 0.6) is 0 Å². The summed E-state index contributed by atoms with van der Waals surface area (Å²) in [4.78, 5) is 19.4. The van der Waals surface area contributed by atoms with E-state index in [-0.39, 0.29) is 6.42 Å². The summed E-state index contributed by atoms with van der Waals surface area (Å²) in [6, 6.07) is 3.81. The van der Waals surface area contributed by atoms with Crippen molar-refractivity contribution in [3.05, 3.63) is 41.7 Å². The lowest BCUT2D eigenvalue weighted by Gasteiger charge is -2.07. The van der Waals surface area contributed by atoms with Gasteiger partial charge >= 0.3 is 5.97 Å². The number of aliphatic carboxylic acids is 1. The summed E-state index contributed by atoms with van der Waals surface area (Å²) in [7, 11) is 0. The molecule has 0 amide bonds. The minimum Gasteiger partial charge on any atom is -0.481 e. The van der Waals surface area contributed by atoms with Crippen LogP contribution in [0, 0.1) is 13.8 Å². The van der Waals surface area contributed by atoms with Gasteiger partial charge in [-0.2, -0.15) is 0 Å². The minimum atomic E-state index is -0.790. The second-order valence-electron chi connectivity index (χ2n) is 5.72. The largest absolute Gasteiger partial charge is 0.481 e. The predicted molar refractivity (Wildman–Crippen MR) is 90.2 cm³/mol. The van der Waals surface area contributed by atoms with Gasteiger partial charge in [-0.1, -0.05) is 0 Å². The fourth-order valence-corrected chi connectivity index (χ4v) is 2.80. The number of hydrogen-bond acceptors (Lipinski definition) is 5. The summed E-state index contributed by atoms with van der Waals surface area (Å²) in [6.07, 6.45) is 3.87. The standard InChI is InChI=1S/C17H20N4O3/c1-11-12(2)21(9-13-5-4-8-24-13)17-15(11)16(19-10-20-17)18-7-3-6-14(22)23/h4-5,8,10H,3,6-7,9H2,1-2H3,(H,22,23)(H,18,19,20). The van der Waals surface area contributed by atoms with Crippen molar-refractivity contribution in [2.75, 3.05) is 11.9 Å². The number of anilines is 1. The summed E-state index contributed by atoms with van der Waals surface area (Å²) < 4.78 is 7.55. The van der Waals surface area contributed by atoms with Gasteiger partial charge < -0.3 is 19.4 Å². The number of nitrogens with zero attached hydrogens (tertiary/aromatic N) is 3. The fraction of sp³-hybridized carbons (Fsp3) is 0.353. The third-order valence-electron chi connectivity index (χ3n) is 4.16. The molecule has 0 aliphatic carbocycles. The molecule has 126 valence electrons. The summed E-state index contributed by atoms with van der Waals surface area (Å²) >= 11 is 0. The molecular formula is C17H20N4O3. The number of hydrogen-bond donors (Lipinski definition) is 2. The molecule has 3 rings (SSSR count). The number of aromatic nitrogens is 3. The monoisotopic (exact) mass is 328 g/mol. The van der Waals surface area contributed by atoms with Crippen LogP contribution in [0.4, 0.5) is 5.82 Å². The zero-order valence-corrected chi connectivity index (χ0v) is 13.7. The molecule has 0 aromatic carbocycles. The van der Waals surface area contributed by atoms with Crippen molar-refractivity contribution < 1.29 is 14.3 Å². The van der Waals surface area contributed by atoms with Crippen molar-refractivity contribution >= 4 is 22.8 Å². The Morgan fingerprint density at radius 3 is 2.92 bits per heavy atom. The van der Waals surface area contributed by atoms with Gasteiger partial charge in [0.15, 0.2) is 0 Å². The van der Waals surface area contributed by atoms with E-state index in [4.69, 9.17) is 9.52 Å². The van der Waals surface area contributed by atoms with Gasteiger partial charge in [0.2, 0.25) is 0 Å². The quantitative estimate of drug-likeness (QED) is 0.648. The topological polar surface area (TPSA) is 93.2 Å². The van der Waals surface area contributed by atoms with Crippen molar-refractivity contribution in [1.29, 1.82) is 0 Å². The lowest BCUT2D eigenvalue weighted by atomic mass is 10.2. The van der Waals surface area contributed by atoms with Crippen LogP contribution in [-0.2, 0) is 11.3 Å². The lowest BCUT2D eigenvalue weighted by molar-refractivity contribution is -0.137. The second-order valence-corrected chi connectivity index (χ2v) is 5.72. The lowest BCUT2D eigenvalue weighted by Crippen LogP contribution is -2.07. The molecular weight excluding hydrogens is 308 g/mol. The number of fused-ring (bicyclic) bond motifs is 1. The highest BCUT2D eigenvalue weighted by Gasteiger charge is 2.17. The van der Waals surface area contributed by atoms with Gasteiger partial charge in [-0.25, -0.2) is 9.97 Å². The van der Waals surface area contributed by atoms with E-state index in [1.807, 2.05) is 26.0 Å². The molecule has 7 heteroatoms. The van der Waals surface area contributed by atoms with E-state index >= 15 is 0 Å². The molecule has 0 saturated heterocycles. The van der Waals surface area contributed by atoms with Gasteiger partial charge in [0.1, 0.15) is 23.6 Å². The summed E-state index contributed by atoms with van der Waals surface area (Å²) in [5.74, 6) is 0.815. The number of nitrogens with one attached hydrogen (secondary N) is 1. The highest BCUT2D eigenvalue weighted by Crippen LogP contribution is 2.29. The van der Waals surface area contributed by atoms with Crippen LogP contribution >= 0.6 is 0 Å². The maximum atomic E-state index is 10.6. The Hall–Kier alpha value is -2.83. The second kappa shape index (κ2) is 6.74. The molecule has 0 bridgehead atoms. The molecule has 0 aliphatic heterocycles. The third kappa shape index (κ3) is 3.10. The molecule has 3 aromatic heterocycles. The first-order valence-electron chi connectivity index (χ1n) is 7.86. The molecule has 24 heavy (non-hydrogen) atoms. The Kier molecular flexibility index (Phi) is 4.50. The first kappa shape index (κ1) is 16.0. The van der Waals surface area contributed by atoms with Crippen molar-refractivity contribution in [2.45, 2.75) is 33.2 Å². The van der Waals surface area contributed by atoms with E-state index in [0.717, 1.165) is 33.9 Å². The first-order valence-corrected chi connectivity index (χ1v) is 7.86. The Labute approximate surface area is 139 Å². The predicted octanol–water partition coefficient (Wildman–Crippen LogP) is 2.97. The molecule has 0 fully saturated rings. The number of carboxylic acids is 1. The molecule has 0 spiro atoms. The molecule has 3 heterocycles. The van der Waals surface area contributed by atoms with Gasteiger partial charge in [-0.15, -0.1) is 0 Å². The van der Waals surface area contributed by atoms with Crippen LogP contribution in [-0.4, -0.2) is 32.2 Å².